The highest BCUT2D eigenvalue weighted by atomic mass is 19.4. The van der Waals surface area contributed by atoms with E-state index in [2.05, 4.69) is 10.3 Å². The van der Waals surface area contributed by atoms with Gasteiger partial charge in [-0.05, 0) is 37.3 Å². The molecule has 2 rings (SSSR count). The van der Waals surface area contributed by atoms with Crippen LogP contribution in [0.15, 0.2) is 36.4 Å². The van der Waals surface area contributed by atoms with Crippen molar-refractivity contribution in [2.24, 2.45) is 0 Å². The molecule has 1 aromatic carbocycles. The van der Waals surface area contributed by atoms with E-state index in [1.807, 2.05) is 0 Å². The molecule has 4 nitrogen and oxygen atoms in total. The third kappa shape index (κ3) is 3.50. The molecule has 0 aliphatic carbocycles. The zero-order chi connectivity index (χ0) is 15.6. The first-order valence-electron chi connectivity index (χ1n) is 5.99. The molecule has 0 saturated heterocycles. The second kappa shape index (κ2) is 5.43. The van der Waals surface area contributed by atoms with Crippen molar-refractivity contribution in [2.45, 2.75) is 13.1 Å². The van der Waals surface area contributed by atoms with Gasteiger partial charge >= 0.3 is 6.18 Å². The lowest BCUT2D eigenvalue weighted by Gasteiger charge is -2.11. The molecule has 1 heterocycles. The topological polar surface area (TPSA) is 68.0 Å². The van der Waals surface area contributed by atoms with E-state index < -0.39 is 17.6 Å². The number of carbonyl (C=O) groups excluding carboxylic acids is 1. The molecule has 21 heavy (non-hydrogen) atoms. The Morgan fingerprint density at radius 1 is 1.24 bits per heavy atom. The van der Waals surface area contributed by atoms with Gasteiger partial charge in [0.2, 0.25) is 0 Å². The van der Waals surface area contributed by atoms with Gasteiger partial charge in [-0.25, -0.2) is 4.98 Å². The predicted octanol–water partition coefficient (Wildman–Crippen LogP) is 3.24. The summed E-state index contributed by atoms with van der Waals surface area (Å²) in [6.07, 6.45) is -4.54. The average Bonchev–Trinajstić information content (AvgIpc) is 2.37. The first kappa shape index (κ1) is 14.8. The maximum Gasteiger partial charge on any atom is 0.416 e. The monoisotopic (exact) mass is 295 g/mol. The van der Waals surface area contributed by atoms with E-state index in [0.717, 1.165) is 18.2 Å². The summed E-state index contributed by atoms with van der Waals surface area (Å²) < 4.78 is 38.0. The van der Waals surface area contributed by atoms with Crippen molar-refractivity contribution in [3.63, 3.8) is 0 Å². The van der Waals surface area contributed by atoms with Gasteiger partial charge in [-0.3, -0.25) is 4.79 Å². The molecule has 0 spiro atoms. The normalized spacial score (nSPS) is 11.2. The smallest absolute Gasteiger partial charge is 0.398 e. The van der Waals surface area contributed by atoms with Crippen molar-refractivity contribution < 1.29 is 18.0 Å². The summed E-state index contributed by atoms with van der Waals surface area (Å²) in [5, 5.41) is 2.42. The standard InChI is InChI=1S/C14H12F3N3O/c1-8-3-2-4-12(19-8)20-13(21)10-7-9(14(15,16)17)5-6-11(10)18/h2-7H,18H2,1H3,(H,19,20,21). The minimum atomic E-state index is -4.54. The van der Waals surface area contributed by atoms with E-state index >= 15 is 0 Å². The lowest BCUT2D eigenvalue weighted by Crippen LogP contribution is -2.17. The third-order valence-electron chi connectivity index (χ3n) is 2.76. The highest BCUT2D eigenvalue weighted by Gasteiger charge is 2.31. The molecule has 110 valence electrons. The molecule has 0 saturated carbocycles. The van der Waals surface area contributed by atoms with Crippen LogP contribution in [0.1, 0.15) is 21.6 Å². The van der Waals surface area contributed by atoms with Crippen LogP contribution in [0.25, 0.3) is 0 Å². The lowest BCUT2D eigenvalue weighted by molar-refractivity contribution is -0.137. The number of benzene rings is 1. The Morgan fingerprint density at radius 3 is 2.57 bits per heavy atom. The molecule has 1 aromatic heterocycles. The SMILES string of the molecule is Cc1cccc(NC(=O)c2cc(C(F)(F)F)ccc2N)n1. The molecule has 0 atom stereocenters. The van der Waals surface area contributed by atoms with E-state index in [1.165, 1.54) is 6.07 Å². The quantitative estimate of drug-likeness (QED) is 0.836. The van der Waals surface area contributed by atoms with E-state index in [4.69, 9.17) is 5.73 Å². The lowest BCUT2D eigenvalue weighted by atomic mass is 10.1. The van der Waals surface area contributed by atoms with Crippen LogP contribution in [0.2, 0.25) is 0 Å². The number of aryl methyl sites for hydroxylation is 1. The van der Waals surface area contributed by atoms with Crippen LogP contribution < -0.4 is 11.1 Å². The van der Waals surface area contributed by atoms with Crippen LogP contribution in [0.4, 0.5) is 24.7 Å². The van der Waals surface area contributed by atoms with Gasteiger partial charge in [0.15, 0.2) is 0 Å². The second-order valence-corrected chi connectivity index (χ2v) is 4.42. The highest BCUT2D eigenvalue weighted by molar-refractivity contribution is 6.07. The van der Waals surface area contributed by atoms with Gasteiger partial charge in [0, 0.05) is 11.4 Å². The van der Waals surface area contributed by atoms with Gasteiger partial charge in [0.05, 0.1) is 11.1 Å². The molecule has 3 N–H and O–H groups in total. The molecular formula is C14H12F3N3O. The Kier molecular flexibility index (Phi) is 3.84. The molecule has 1 amide bonds. The van der Waals surface area contributed by atoms with Gasteiger partial charge in [-0.1, -0.05) is 6.07 Å². The summed E-state index contributed by atoms with van der Waals surface area (Å²) in [6.45, 7) is 1.73. The number of anilines is 2. The largest absolute Gasteiger partial charge is 0.416 e. The van der Waals surface area contributed by atoms with Gasteiger partial charge in [0.1, 0.15) is 5.82 Å². The van der Waals surface area contributed by atoms with Gasteiger partial charge in [-0.2, -0.15) is 13.2 Å². The fourth-order valence-electron chi connectivity index (χ4n) is 1.73. The van der Waals surface area contributed by atoms with Gasteiger partial charge in [-0.15, -0.1) is 0 Å². The van der Waals surface area contributed by atoms with Crippen LogP contribution >= 0.6 is 0 Å². The predicted molar refractivity (Wildman–Crippen MR) is 72.8 cm³/mol. The highest BCUT2D eigenvalue weighted by Crippen LogP contribution is 2.31. The first-order valence-corrected chi connectivity index (χ1v) is 5.99. The number of nitrogens with zero attached hydrogens (tertiary/aromatic N) is 1. The van der Waals surface area contributed by atoms with Crippen LogP contribution in [0, 0.1) is 6.92 Å². The number of carbonyl (C=O) groups is 1. The summed E-state index contributed by atoms with van der Waals surface area (Å²) in [5.41, 5.74) is 5.03. The van der Waals surface area contributed by atoms with Gasteiger partial charge < -0.3 is 11.1 Å². The van der Waals surface area contributed by atoms with E-state index in [0.29, 0.717) is 5.69 Å². The van der Waals surface area contributed by atoms with E-state index in [9.17, 15) is 18.0 Å². The zero-order valence-corrected chi connectivity index (χ0v) is 11.0. The Balaban J connectivity index is 2.31. The van der Waals surface area contributed by atoms with Crippen molar-refractivity contribution in [1.82, 2.24) is 4.98 Å². The Morgan fingerprint density at radius 2 is 1.95 bits per heavy atom. The molecular weight excluding hydrogens is 283 g/mol. The maximum absolute atomic E-state index is 12.7. The Bertz CT molecular complexity index is 683. The maximum atomic E-state index is 12.7. The third-order valence-corrected chi connectivity index (χ3v) is 2.76. The van der Waals surface area contributed by atoms with Crippen LogP contribution in [0.3, 0.4) is 0 Å². The van der Waals surface area contributed by atoms with Crippen molar-refractivity contribution in [3.8, 4) is 0 Å². The summed E-state index contributed by atoms with van der Waals surface area (Å²) >= 11 is 0. The summed E-state index contributed by atoms with van der Waals surface area (Å²) in [7, 11) is 0. The first-order chi connectivity index (χ1) is 9.77. The van der Waals surface area contributed by atoms with Gasteiger partial charge in [0.25, 0.3) is 5.91 Å². The number of amides is 1. The summed E-state index contributed by atoms with van der Waals surface area (Å²) in [5.74, 6) is -0.492. The number of aromatic nitrogens is 1. The fourth-order valence-corrected chi connectivity index (χ4v) is 1.73. The van der Waals surface area contributed by atoms with Crippen molar-refractivity contribution in [3.05, 3.63) is 53.2 Å². The minimum absolute atomic E-state index is 0.0341. The fraction of sp³-hybridized carbons (Fsp3) is 0.143. The molecule has 0 fully saturated rings. The molecule has 0 bridgehead atoms. The van der Waals surface area contributed by atoms with Crippen LogP contribution in [0.5, 0.6) is 0 Å². The number of hydrogen-bond donors (Lipinski definition) is 2. The van der Waals surface area contributed by atoms with Crippen molar-refractivity contribution in [1.29, 1.82) is 0 Å². The van der Waals surface area contributed by atoms with Crippen molar-refractivity contribution >= 4 is 17.4 Å². The van der Waals surface area contributed by atoms with Crippen LogP contribution in [-0.4, -0.2) is 10.9 Å². The average molecular weight is 295 g/mol. The van der Waals surface area contributed by atoms with Crippen LogP contribution in [-0.2, 0) is 6.18 Å². The minimum Gasteiger partial charge on any atom is -0.398 e. The summed E-state index contributed by atoms with van der Waals surface area (Å²) in [6, 6.07) is 7.55. The number of alkyl halides is 3. The van der Waals surface area contributed by atoms with Crippen molar-refractivity contribution in [2.75, 3.05) is 11.1 Å². The number of rotatable bonds is 2. The Hall–Kier alpha value is -2.57. The molecule has 0 aliphatic heterocycles. The zero-order valence-electron chi connectivity index (χ0n) is 11.0. The Labute approximate surface area is 118 Å². The molecule has 0 unspecified atom stereocenters. The number of nitrogens with two attached hydrogens (primary N) is 1. The number of halogens is 3. The molecule has 7 heteroatoms. The van der Waals surface area contributed by atoms with E-state index in [1.54, 1.807) is 19.1 Å². The number of nitrogen functional groups attached to an aromatic ring is 1. The second-order valence-electron chi connectivity index (χ2n) is 4.42. The number of hydrogen-bond acceptors (Lipinski definition) is 3. The number of pyridine rings is 1. The summed E-state index contributed by atoms with van der Waals surface area (Å²) in [4.78, 5) is 16.1. The van der Waals surface area contributed by atoms with E-state index in [-0.39, 0.29) is 17.1 Å². The number of nitrogens with one attached hydrogen (secondary N) is 1. The molecule has 2 aromatic rings. The molecule has 0 aliphatic rings. The molecule has 0 radical (unpaired) electrons.